The van der Waals surface area contributed by atoms with Crippen molar-refractivity contribution in [3.8, 4) is 10.6 Å². The largest absolute Gasteiger partial charge is 0.298 e. The minimum atomic E-state index is 0.272. The Balaban J connectivity index is 2.51. The number of carbonyl (C=O) groups excluding carboxylic acids is 1. The molecule has 0 saturated carbocycles. The third-order valence-electron chi connectivity index (χ3n) is 2.39. The van der Waals surface area contributed by atoms with Crippen LogP contribution < -0.4 is 0 Å². The van der Waals surface area contributed by atoms with Crippen molar-refractivity contribution < 1.29 is 4.79 Å². The SMILES string of the molecule is Cc1ccc(-c2nn(C(C)C)cc2C=O)s1. The quantitative estimate of drug-likeness (QED) is 0.764. The maximum Gasteiger partial charge on any atom is 0.153 e. The molecule has 3 nitrogen and oxygen atoms in total. The summed E-state index contributed by atoms with van der Waals surface area (Å²) in [4.78, 5) is 13.3. The van der Waals surface area contributed by atoms with Crippen LogP contribution in [0.1, 0.15) is 35.1 Å². The van der Waals surface area contributed by atoms with Gasteiger partial charge in [0.15, 0.2) is 6.29 Å². The summed E-state index contributed by atoms with van der Waals surface area (Å²) < 4.78 is 1.83. The van der Waals surface area contributed by atoms with Crippen LogP contribution >= 0.6 is 11.3 Å². The molecule has 16 heavy (non-hydrogen) atoms. The van der Waals surface area contributed by atoms with Crippen LogP contribution in [0, 0.1) is 6.92 Å². The molecule has 2 heterocycles. The second kappa shape index (κ2) is 4.22. The van der Waals surface area contributed by atoms with Gasteiger partial charge in [0.2, 0.25) is 0 Å². The van der Waals surface area contributed by atoms with Gasteiger partial charge in [0, 0.05) is 17.1 Å². The Morgan fingerprint density at radius 2 is 2.19 bits per heavy atom. The first kappa shape index (κ1) is 11.1. The van der Waals surface area contributed by atoms with Crippen molar-refractivity contribution in [2.45, 2.75) is 26.8 Å². The van der Waals surface area contributed by atoms with Crippen LogP contribution in [0.5, 0.6) is 0 Å². The van der Waals surface area contributed by atoms with E-state index in [9.17, 15) is 4.79 Å². The number of aldehydes is 1. The molecule has 0 fully saturated rings. The van der Waals surface area contributed by atoms with Crippen LogP contribution in [-0.2, 0) is 0 Å². The molecule has 0 unspecified atom stereocenters. The minimum absolute atomic E-state index is 0.272. The summed E-state index contributed by atoms with van der Waals surface area (Å²) in [5, 5.41) is 4.46. The van der Waals surface area contributed by atoms with E-state index in [1.165, 1.54) is 4.88 Å². The Morgan fingerprint density at radius 1 is 1.44 bits per heavy atom. The van der Waals surface area contributed by atoms with Crippen molar-refractivity contribution in [1.82, 2.24) is 9.78 Å². The van der Waals surface area contributed by atoms with Gasteiger partial charge in [-0.3, -0.25) is 9.48 Å². The van der Waals surface area contributed by atoms with E-state index in [1.54, 1.807) is 11.3 Å². The molecule has 2 rings (SSSR count). The molecule has 0 aromatic carbocycles. The van der Waals surface area contributed by atoms with Gasteiger partial charge in [-0.15, -0.1) is 11.3 Å². The van der Waals surface area contributed by atoms with Crippen molar-refractivity contribution >= 4 is 17.6 Å². The molecular formula is C12H14N2OS. The molecule has 0 bridgehead atoms. The molecule has 84 valence electrons. The standard InChI is InChI=1S/C12H14N2OS/c1-8(2)14-6-10(7-15)12(13-14)11-5-4-9(3)16-11/h4-8H,1-3H3. The molecule has 4 heteroatoms. The van der Waals surface area contributed by atoms with Gasteiger partial charge in [-0.25, -0.2) is 0 Å². The third-order valence-corrected chi connectivity index (χ3v) is 3.40. The van der Waals surface area contributed by atoms with Crippen LogP contribution in [0.15, 0.2) is 18.3 Å². The van der Waals surface area contributed by atoms with Gasteiger partial charge < -0.3 is 0 Å². The summed E-state index contributed by atoms with van der Waals surface area (Å²) in [6.45, 7) is 6.14. The fourth-order valence-corrected chi connectivity index (χ4v) is 2.38. The summed E-state index contributed by atoms with van der Waals surface area (Å²) >= 11 is 1.66. The molecule has 0 radical (unpaired) electrons. The lowest BCUT2D eigenvalue weighted by Crippen LogP contribution is -2.00. The number of hydrogen-bond donors (Lipinski definition) is 0. The molecule has 0 saturated heterocycles. The molecule has 0 aliphatic carbocycles. The van der Waals surface area contributed by atoms with E-state index < -0.39 is 0 Å². The van der Waals surface area contributed by atoms with Crippen LogP contribution in [-0.4, -0.2) is 16.1 Å². The van der Waals surface area contributed by atoms with Crippen LogP contribution in [0.25, 0.3) is 10.6 Å². The summed E-state index contributed by atoms with van der Waals surface area (Å²) in [6, 6.07) is 4.33. The Labute approximate surface area is 98.7 Å². The molecule has 0 spiro atoms. The van der Waals surface area contributed by atoms with E-state index in [1.807, 2.05) is 43.8 Å². The number of thiophene rings is 1. The zero-order valence-electron chi connectivity index (χ0n) is 9.60. The fraction of sp³-hybridized carbons (Fsp3) is 0.333. The third kappa shape index (κ3) is 1.93. The minimum Gasteiger partial charge on any atom is -0.298 e. The van der Waals surface area contributed by atoms with Crippen LogP contribution in [0.2, 0.25) is 0 Å². The van der Waals surface area contributed by atoms with Crippen LogP contribution in [0.3, 0.4) is 0 Å². The highest BCUT2D eigenvalue weighted by molar-refractivity contribution is 7.15. The average Bonchev–Trinajstić information content (AvgIpc) is 2.82. The zero-order chi connectivity index (χ0) is 11.7. The number of carbonyl (C=O) groups is 1. The number of nitrogens with zero attached hydrogens (tertiary/aromatic N) is 2. The molecule has 0 aliphatic rings. The first-order valence-corrected chi connectivity index (χ1v) is 6.04. The second-order valence-electron chi connectivity index (χ2n) is 4.03. The summed E-state index contributed by atoms with van der Waals surface area (Å²) in [6.07, 6.45) is 2.68. The lowest BCUT2D eigenvalue weighted by molar-refractivity contribution is 0.112. The van der Waals surface area contributed by atoms with Gasteiger partial charge in [-0.2, -0.15) is 5.10 Å². The number of hydrogen-bond acceptors (Lipinski definition) is 3. The van der Waals surface area contributed by atoms with Gasteiger partial charge >= 0.3 is 0 Å². The molecule has 2 aromatic rings. The molecular weight excluding hydrogens is 220 g/mol. The molecule has 0 N–H and O–H groups in total. The Bertz CT molecular complexity index is 511. The molecule has 2 aromatic heterocycles. The van der Waals surface area contributed by atoms with Gasteiger partial charge in [0.05, 0.1) is 10.4 Å². The smallest absolute Gasteiger partial charge is 0.153 e. The highest BCUT2D eigenvalue weighted by atomic mass is 32.1. The molecule has 0 aliphatic heterocycles. The average molecular weight is 234 g/mol. The first-order chi connectivity index (χ1) is 7.61. The predicted octanol–water partition coefficient (Wildman–Crippen LogP) is 3.31. The first-order valence-electron chi connectivity index (χ1n) is 5.23. The van der Waals surface area contributed by atoms with E-state index >= 15 is 0 Å². The highest BCUT2D eigenvalue weighted by Crippen LogP contribution is 2.29. The monoisotopic (exact) mass is 234 g/mol. The predicted molar refractivity (Wildman–Crippen MR) is 66.0 cm³/mol. The van der Waals surface area contributed by atoms with E-state index in [-0.39, 0.29) is 6.04 Å². The lowest BCUT2D eigenvalue weighted by atomic mass is 10.2. The number of aromatic nitrogens is 2. The second-order valence-corrected chi connectivity index (χ2v) is 5.32. The summed E-state index contributed by atoms with van der Waals surface area (Å²) in [5.41, 5.74) is 1.46. The van der Waals surface area contributed by atoms with Crippen molar-refractivity contribution in [2.75, 3.05) is 0 Å². The Kier molecular flexibility index (Phi) is 2.92. The Hall–Kier alpha value is -1.42. The highest BCUT2D eigenvalue weighted by Gasteiger charge is 2.13. The van der Waals surface area contributed by atoms with Crippen molar-refractivity contribution in [3.05, 3.63) is 28.8 Å². The van der Waals surface area contributed by atoms with E-state index in [4.69, 9.17) is 0 Å². The van der Waals surface area contributed by atoms with E-state index in [0.717, 1.165) is 16.9 Å². The fourth-order valence-electron chi connectivity index (χ4n) is 1.51. The summed E-state index contributed by atoms with van der Waals surface area (Å²) in [5.74, 6) is 0. The van der Waals surface area contributed by atoms with Gasteiger partial charge in [0.1, 0.15) is 5.69 Å². The molecule has 0 amide bonds. The topological polar surface area (TPSA) is 34.9 Å². The maximum atomic E-state index is 11.0. The normalized spacial score (nSPS) is 11.0. The lowest BCUT2D eigenvalue weighted by Gasteiger charge is -2.02. The van der Waals surface area contributed by atoms with Gasteiger partial charge in [-0.1, -0.05) is 0 Å². The van der Waals surface area contributed by atoms with Gasteiger partial charge in [0.25, 0.3) is 0 Å². The van der Waals surface area contributed by atoms with E-state index in [2.05, 4.69) is 5.10 Å². The van der Waals surface area contributed by atoms with Crippen molar-refractivity contribution in [2.24, 2.45) is 0 Å². The van der Waals surface area contributed by atoms with Crippen molar-refractivity contribution in [1.29, 1.82) is 0 Å². The maximum absolute atomic E-state index is 11.0. The van der Waals surface area contributed by atoms with Gasteiger partial charge in [-0.05, 0) is 32.9 Å². The number of aryl methyl sites for hydroxylation is 1. The zero-order valence-corrected chi connectivity index (χ0v) is 10.4. The number of rotatable bonds is 3. The van der Waals surface area contributed by atoms with Crippen molar-refractivity contribution in [3.63, 3.8) is 0 Å². The van der Waals surface area contributed by atoms with Crippen LogP contribution in [0.4, 0.5) is 0 Å². The van der Waals surface area contributed by atoms with E-state index in [0.29, 0.717) is 5.56 Å². The molecule has 0 atom stereocenters. The summed E-state index contributed by atoms with van der Waals surface area (Å²) in [7, 11) is 0. The Morgan fingerprint density at radius 3 is 2.69 bits per heavy atom.